The van der Waals surface area contributed by atoms with E-state index in [1.54, 1.807) is 65.7 Å². The number of alkyl halides is 1. The van der Waals surface area contributed by atoms with Gasteiger partial charge in [-0.3, -0.25) is 19.2 Å². The first-order valence-electron chi connectivity index (χ1n) is 21.0. The van der Waals surface area contributed by atoms with Crippen molar-refractivity contribution in [2.75, 3.05) is 30.0 Å². The van der Waals surface area contributed by atoms with Crippen molar-refractivity contribution in [2.24, 2.45) is 5.41 Å². The van der Waals surface area contributed by atoms with Crippen LogP contribution in [0, 0.1) is 5.41 Å². The van der Waals surface area contributed by atoms with Gasteiger partial charge >= 0.3 is 6.03 Å². The molecule has 0 saturated carbocycles. The van der Waals surface area contributed by atoms with Crippen molar-refractivity contribution in [3.05, 3.63) is 126 Å². The van der Waals surface area contributed by atoms with Crippen LogP contribution >= 0.6 is 11.6 Å². The van der Waals surface area contributed by atoms with E-state index in [0.717, 1.165) is 29.7 Å². The van der Waals surface area contributed by atoms with Crippen LogP contribution in [0.25, 0.3) is 0 Å². The van der Waals surface area contributed by atoms with Crippen LogP contribution in [0.1, 0.15) is 97.8 Å². The van der Waals surface area contributed by atoms with Crippen LogP contribution < -0.4 is 20.4 Å². The normalized spacial score (nSPS) is 15.0. The molecule has 4 aromatic rings. The maximum atomic E-state index is 14.9. The number of para-hydroxylation sites is 2. The predicted molar refractivity (Wildman–Crippen MR) is 241 cm³/mol. The topological polar surface area (TPSA) is 128 Å². The van der Waals surface area contributed by atoms with E-state index in [9.17, 15) is 24.0 Å². The Kier molecular flexibility index (Phi) is 14.8. The lowest BCUT2D eigenvalue weighted by atomic mass is 9.76. The molecule has 1 aliphatic rings. The zero-order chi connectivity index (χ0) is 44.6. The fourth-order valence-corrected chi connectivity index (χ4v) is 7.55. The van der Waals surface area contributed by atoms with Crippen molar-refractivity contribution in [3.63, 3.8) is 0 Å². The largest absolute Gasteiger partial charge is 0.493 e. The van der Waals surface area contributed by atoms with Crippen LogP contribution in [0.15, 0.2) is 109 Å². The van der Waals surface area contributed by atoms with Crippen LogP contribution in [-0.4, -0.2) is 64.1 Å². The highest BCUT2D eigenvalue weighted by molar-refractivity contribution is 6.50. The lowest BCUT2D eigenvalue weighted by Crippen LogP contribution is -2.73. The second kappa shape index (κ2) is 19.5. The van der Waals surface area contributed by atoms with Gasteiger partial charge in [0, 0.05) is 36.2 Å². The Balaban J connectivity index is 1.35. The summed E-state index contributed by atoms with van der Waals surface area (Å²) in [7, 11) is 0. The summed E-state index contributed by atoms with van der Waals surface area (Å²) in [6.45, 7) is 16.1. The molecule has 0 radical (unpaired) electrons. The molecule has 61 heavy (non-hydrogen) atoms. The number of Topliss-reactive ketones (excluding diaryl/α,β-unsaturated/α-hetero) is 1. The average molecular weight is 851 g/mol. The molecule has 1 fully saturated rings. The van der Waals surface area contributed by atoms with Gasteiger partial charge in [0.2, 0.25) is 11.8 Å². The molecule has 1 heterocycles. The van der Waals surface area contributed by atoms with Crippen molar-refractivity contribution >= 4 is 52.5 Å². The summed E-state index contributed by atoms with van der Waals surface area (Å²) in [5.41, 5.74) is 2.25. The second-order valence-corrected chi connectivity index (χ2v) is 18.1. The number of nitrogens with zero attached hydrogens (tertiary/aromatic N) is 3. The van der Waals surface area contributed by atoms with E-state index in [0.29, 0.717) is 29.3 Å². The molecule has 324 valence electrons. The predicted octanol–water partition coefficient (Wildman–Crippen LogP) is 9.39. The number of imide groups is 1. The van der Waals surface area contributed by atoms with Gasteiger partial charge < -0.3 is 15.4 Å². The van der Waals surface area contributed by atoms with E-state index < -0.39 is 34.0 Å². The van der Waals surface area contributed by atoms with Crippen molar-refractivity contribution in [3.8, 4) is 5.75 Å². The molecule has 5 amide bonds. The Bertz CT molecular complexity index is 2180. The van der Waals surface area contributed by atoms with E-state index in [4.69, 9.17) is 16.3 Å². The standard InChI is InChI=1S/C49H60ClN5O6/c1-9-46(3,4)36-28-29-40(39(31-36)47(5,6)10-2)61-30-20-27-41(56)51-34-48(7,8)43(58)49(50,44(59)52-37-23-16-12-17-24-37)54-42(57)33-53(32-35-21-14-11-15-22-35)55(45(54)60)38-25-18-13-19-26-38/h11-19,21-26,28-29,31H,9-10,20,27,30,32-34H2,1-8H3,(H,51,56)(H,52,59). The first kappa shape index (κ1) is 46.5. The van der Waals surface area contributed by atoms with Gasteiger partial charge in [0.25, 0.3) is 10.9 Å². The first-order chi connectivity index (χ1) is 28.9. The number of nitrogens with one attached hydrogen (secondary N) is 2. The molecule has 0 spiro atoms. The van der Waals surface area contributed by atoms with E-state index in [1.807, 2.05) is 36.4 Å². The minimum Gasteiger partial charge on any atom is -0.493 e. The average Bonchev–Trinajstić information content (AvgIpc) is 3.25. The fourth-order valence-electron chi connectivity index (χ4n) is 7.08. The Morgan fingerprint density at radius 1 is 0.770 bits per heavy atom. The van der Waals surface area contributed by atoms with E-state index in [1.165, 1.54) is 24.4 Å². The van der Waals surface area contributed by atoms with Crippen LogP contribution in [-0.2, 0) is 36.6 Å². The van der Waals surface area contributed by atoms with E-state index >= 15 is 0 Å². The molecule has 0 bridgehead atoms. The third-order valence-electron chi connectivity index (χ3n) is 11.8. The number of hydrogen-bond acceptors (Lipinski definition) is 7. The summed E-state index contributed by atoms with van der Waals surface area (Å²) in [6.07, 6.45) is 2.42. The van der Waals surface area contributed by atoms with Gasteiger partial charge in [0.1, 0.15) is 5.75 Å². The molecular weight excluding hydrogens is 790 g/mol. The summed E-state index contributed by atoms with van der Waals surface area (Å²) >= 11 is 7.23. The summed E-state index contributed by atoms with van der Waals surface area (Å²) in [6, 6.07) is 31.6. The summed E-state index contributed by atoms with van der Waals surface area (Å²) in [4.78, 5) is 69.2. The number of rotatable bonds is 19. The molecule has 4 aromatic carbocycles. The summed E-state index contributed by atoms with van der Waals surface area (Å²) < 4.78 is 6.28. The maximum Gasteiger partial charge on any atom is 0.348 e. The second-order valence-electron chi connectivity index (χ2n) is 17.5. The molecule has 1 unspecified atom stereocenters. The first-order valence-corrected chi connectivity index (χ1v) is 21.4. The van der Waals surface area contributed by atoms with Gasteiger partial charge in [0.05, 0.1) is 18.8 Å². The molecule has 0 aliphatic carbocycles. The Morgan fingerprint density at radius 3 is 1.97 bits per heavy atom. The van der Waals surface area contributed by atoms with Gasteiger partial charge in [-0.25, -0.2) is 14.7 Å². The fraction of sp³-hybridized carbons (Fsp3) is 0.408. The third kappa shape index (κ3) is 10.7. The zero-order valence-corrected chi connectivity index (χ0v) is 37.5. The molecular formula is C49H60ClN5O6. The number of carbonyl (C=O) groups is 5. The molecule has 0 aromatic heterocycles. The molecule has 2 N–H and O–H groups in total. The molecule has 12 heteroatoms. The highest BCUT2D eigenvalue weighted by atomic mass is 35.5. The lowest BCUT2D eigenvalue weighted by molar-refractivity contribution is -0.150. The molecule has 1 saturated heterocycles. The highest BCUT2D eigenvalue weighted by Crippen LogP contribution is 2.40. The van der Waals surface area contributed by atoms with Crippen LogP contribution in [0.2, 0.25) is 0 Å². The summed E-state index contributed by atoms with van der Waals surface area (Å²) in [5.74, 6) is -2.45. The number of hydrazine groups is 1. The number of urea groups is 1. The molecule has 11 nitrogen and oxygen atoms in total. The van der Waals surface area contributed by atoms with E-state index in [-0.39, 0.29) is 42.8 Å². The van der Waals surface area contributed by atoms with Crippen molar-refractivity contribution < 1.29 is 28.7 Å². The van der Waals surface area contributed by atoms with Crippen molar-refractivity contribution in [1.82, 2.24) is 15.2 Å². The van der Waals surface area contributed by atoms with Gasteiger partial charge in [0.15, 0.2) is 5.78 Å². The number of hydrogen-bond donors (Lipinski definition) is 2. The Hall–Kier alpha value is -5.52. The number of ketones is 1. The zero-order valence-electron chi connectivity index (χ0n) is 36.7. The summed E-state index contributed by atoms with van der Waals surface area (Å²) in [5, 5.41) is 8.28. The number of carbonyl (C=O) groups excluding carboxylic acids is 5. The van der Waals surface area contributed by atoms with Gasteiger partial charge in [-0.05, 0) is 71.6 Å². The van der Waals surface area contributed by atoms with Crippen LogP contribution in [0.3, 0.4) is 0 Å². The van der Waals surface area contributed by atoms with E-state index in [2.05, 4.69) is 64.3 Å². The number of amides is 5. The van der Waals surface area contributed by atoms with Gasteiger partial charge in [-0.2, -0.15) is 5.01 Å². The highest BCUT2D eigenvalue weighted by Gasteiger charge is 2.61. The number of halogens is 1. The molecule has 5 rings (SSSR count). The van der Waals surface area contributed by atoms with Crippen LogP contribution in [0.4, 0.5) is 16.2 Å². The lowest BCUT2D eigenvalue weighted by Gasteiger charge is -2.47. The minimum atomic E-state index is -2.86. The van der Waals surface area contributed by atoms with Crippen molar-refractivity contribution in [2.45, 2.75) is 103 Å². The Morgan fingerprint density at radius 2 is 1.36 bits per heavy atom. The number of anilines is 2. The molecule has 1 atom stereocenters. The monoisotopic (exact) mass is 849 g/mol. The van der Waals surface area contributed by atoms with Gasteiger partial charge in [-0.1, -0.05) is 146 Å². The third-order valence-corrected chi connectivity index (χ3v) is 12.3. The number of ether oxygens (including phenoxy) is 1. The van der Waals surface area contributed by atoms with Gasteiger partial charge in [-0.15, -0.1) is 0 Å². The number of benzene rings is 4. The minimum absolute atomic E-state index is 0.0181. The Labute approximate surface area is 365 Å². The van der Waals surface area contributed by atoms with Crippen molar-refractivity contribution in [1.29, 1.82) is 0 Å². The SMILES string of the molecule is CCC(C)(C)c1ccc(OCCCC(=O)NCC(C)(C)C(=O)C(Cl)(C(=O)Nc2ccccc2)N2C(=O)CN(Cc3ccccc3)N(c3ccccc3)C2=O)c(C(C)(C)CC)c1. The smallest absolute Gasteiger partial charge is 0.348 e. The quantitative estimate of drug-likeness (QED) is 0.0417. The van der Waals surface area contributed by atoms with Crippen LogP contribution in [0.5, 0.6) is 5.75 Å². The molecule has 1 aliphatic heterocycles. The maximum absolute atomic E-state index is 14.9.